The minimum atomic E-state index is -0.186. The second-order valence-electron chi connectivity index (χ2n) is 1.96. The average molecular weight is 146 g/mol. The minimum Gasteiger partial charge on any atom is -0.379 e. The smallest absolute Gasteiger partial charge is 0.106 e. The molecule has 0 aromatic heterocycles. The maximum Gasteiger partial charge on any atom is 0.106 e. The second kappa shape index (κ2) is 6.99. The van der Waals surface area contributed by atoms with Gasteiger partial charge in [-0.2, -0.15) is 0 Å². The van der Waals surface area contributed by atoms with Gasteiger partial charge in [0.25, 0.3) is 0 Å². The molecule has 10 heavy (non-hydrogen) atoms. The van der Waals surface area contributed by atoms with E-state index in [9.17, 15) is 5.11 Å². The number of rotatable bonds is 6. The van der Waals surface area contributed by atoms with Crippen molar-refractivity contribution in [2.75, 3.05) is 26.4 Å². The summed E-state index contributed by atoms with van der Waals surface area (Å²) >= 11 is 0. The molecular weight excluding hydrogens is 132 g/mol. The molecule has 3 nitrogen and oxygen atoms in total. The van der Waals surface area contributed by atoms with Crippen LogP contribution in [0, 0.1) is 6.92 Å². The molecular formula is C7H14O3. The first-order valence-corrected chi connectivity index (χ1v) is 3.38. The molecule has 0 aromatic carbocycles. The van der Waals surface area contributed by atoms with Crippen molar-refractivity contribution in [3.8, 4) is 0 Å². The summed E-state index contributed by atoms with van der Waals surface area (Å²) in [4.78, 5) is 0. The van der Waals surface area contributed by atoms with Crippen LogP contribution in [0.5, 0.6) is 0 Å². The predicted octanol–water partition coefficient (Wildman–Crippen LogP) is 0.673. The van der Waals surface area contributed by atoms with E-state index in [1.165, 1.54) is 0 Å². The van der Waals surface area contributed by atoms with E-state index in [1.807, 2.05) is 6.92 Å². The van der Waals surface area contributed by atoms with Crippen LogP contribution in [-0.4, -0.2) is 32.5 Å². The highest BCUT2D eigenvalue weighted by molar-refractivity contribution is 4.46. The van der Waals surface area contributed by atoms with Crippen LogP contribution in [0.3, 0.4) is 0 Å². The Bertz CT molecular complexity index is 57.9. The third kappa shape index (κ3) is 6.01. The Kier molecular flexibility index (Phi) is 6.91. The van der Waals surface area contributed by atoms with Gasteiger partial charge in [-0.15, -0.1) is 0 Å². The van der Waals surface area contributed by atoms with E-state index in [0.717, 1.165) is 0 Å². The van der Waals surface area contributed by atoms with Gasteiger partial charge in [0.2, 0.25) is 0 Å². The summed E-state index contributed by atoms with van der Waals surface area (Å²) in [6, 6.07) is 0. The van der Waals surface area contributed by atoms with Gasteiger partial charge < -0.3 is 9.47 Å². The topological polar surface area (TPSA) is 38.4 Å². The fourth-order valence-electron chi connectivity index (χ4n) is 0.547. The Morgan fingerprint density at radius 3 is 2.80 bits per heavy atom. The van der Waals surface area contributed by atoms with Crippen LogP contribution < -0.4 is 0 Å². The third-order valence-electron chi connectivity index (χ3n) is 0.983. The van der Waals surface area contributed by atoms with Gasteiger partial charge in [-0.05, 0) is 13.8 Å². The molecule has 1 atom stereocenters. The fourth-order valence-corrected chi connectivity index (χ4v) is 0.547. The monoisotopic (exact) mass is 146 g/mol. The van der Waals surface area contributed by atoms with Crippen LogP contribution in [-0.2, 0) is 14.6 Å². The molecule has 0 aliphatic carbocycles. The first-order valence-electron chi connectivity index (χ1n) is 3.38. The molecule has 0 heterocycles. The van der Waals surface area contributed by atoms with Crippen molar-refractivity contribution in [3.63, 3.8) is 0 Å². The molecule has 0 saturated heterocycles. The largest absolute Gasteiger partial charge is 0.379 e. The summed E-state index contributed by atoms with van der Waals surface area (Å²) in [5.41, 5.74) is 0. The van der Waals surface area contributed by atoms with Gasteiger partial charge in [-0.3, -0.25) is 0 Å². The summed E-state index contributed by atoms with van der Waals surface area (Å²) in [6.07, 6.45) is 0.00991. The van der Waals surface area contributed by atoms with E-state index < -0.39 is 0 Å². The second-order valence-corrected chi connectivity index (χ2v) is 1.96. The lowest BCUT2D eigenvalue weighted by atomic mass is 10.4. The molecule has 2 radical (unpaired) electrons. The van der Waals surface area contributed by atoms with Gasteiger partial charge in [-0.25, -0.2) is 5.11 Å². The van der Waals surface area contributed by atoms with E-state index >= 15 is 0 Å². The van der Waals surface area contributed by atoms with Gasteiger partial charge in [0.1, 0.15) is 6.61 Å². The lowest BCUT2D eigenvalue weighted by Crippen LogP contribution is -2.17. The number of hydrogen-bond acceptors (Lipinski definition) is 2. The van der Waals surface area contributed by atoms with Gasteiger partial charge >= 0.3 is 0 Å². The van der Waals surface area contributed by atoms with Gasteiger partial charge in [0, 0.05) is 6.61 Å². The molecule has 0 amide bonds. The van der Waals surface area contributed by atoms with Crippen LogP contribution in [0.15, 0.2) is 0 Å². The molecule has 0 aromatic rings. The van der Waals surface area contributed by atoms with Gasteiger partial charge in [0.05, 0.1) is 19.3 Å². The zero-order chi connectivity index (χ0) is 7.82. The Labute approximate surface area is 62.0 Å². The Morgan fingerprint density at radius 2 is 2.30 bits per heavy atom. The summed E-state index contributed by atoms with van der Waals surface area (Å²) in [7, 11) is 0. The first kappa shape index (κ1) is 9.88. The Hall–Kier alpha value is -0.120. The molecule has 0 bridgehead atoms. The molecule has 0 aliphatic rings. The normalized spacial score (nSPS) is 13.5. The quantitative estimate of drug-likeness (QED) is 0.552. The highest BCUT2D eigenvalue weighted by atomic mass is 16.5. The first-order chi connectivity index (χ1) is 4.81. The highest BCUT2D eigenvalue weighted by Crippen LogP contribution is 1.90. The lowest BCUT2D eigenvalue weighted by Gasteiger charge is -2.10. The van der Waals surface area contributed by atoms with Crippen LogP contribution in [0.4, 0.5) is 0 Å². The third-order valence-corrected chi connectivity index (χ3v) is 0.983. The zero-order valence-electron chi connectivity index (χ0n) is 6.34. The molecule has 0 aliphatic heterocycles. The van der Waals surface area contributed by atoms with Gasteiger partial charge in [0.15, 0.2) is 0 Å². The molecule has 0 fully saturated rings. The Balaban J connectivity index is 3.00. The van der Waals surface area contributed by atoms with E-state index in [1.54, 1.807) is 0 Å². The SMILES string of the molecule is [CH2]COCC(C)OCC[O]. The maximum absolute atomic E-state index is 9.93. The standard InChI is InChI=1S/C7H14O3/c1-3-9-6-7(2)10-5-4-8/h7H,1,3-6H2,2H3. The number of hydrogen-bond donors (Lipinski definition) is 0. The van der Waals surface area contributed by atoms with E-state index in [0.29, 0.717) is 13.2 Å². The summed E-state index contributed by atoms with van der Waals surface area (Å²) < 4.78 is 9.98. The van der Waals surface area contributed by atoms with Crippen LogP contribution in [0.1, 0.15) is 6.92 Å². The summed E-state index contributed by atoms with van der Waals surface area (Å²) in [6.45, 7) is 6.41. The minimum absolute atomic E-state index is 0.00991. The molecule has 3 heteroatoms. The fraction of sp³-hybridized carbons (Fsp3) is 0.857. The lowest BCUT2D eigenvalue weighted by molar-refractivity contribution is -0.0218. The van der Waals surface area contributed by atoms with Crippen molar-refractivity contribution in [3.05, 3.63) is 6.92 Å². The molecule has 0 spiro atoms. The van der Waals surface area contributed by atoms with Crippen LogP contribution in [0.25, 0.3) is 0 Å². The molecule has 0 rings (SSSR count). The predicted molar refractivity (Wildman–Crippen MR) is 37.1 cm³/mol. The molecule has 0 N–H and O–H groups in total. The van der Waals surface area contributed by atoms with E-state index in [4.69, 9.17) is 9.47 Å². The van der Waals surface area contributed by atoms with Crippen molar-refractivity contribution >= 4 is 0 Å². The zero-order valence-corrected chi connectivity index (χ0v) is 6.34. The Morgan fingerprint density at radius 1 is 1.60 bits per heavy atom. The number of ether oxygens (including phenoxy) is 2. The molecule has 0 saturated carbocycles. The van der Waals surface area contributed by atoms with Crippen LogP contribution in [0.2, 0.25) is 0 Å². The van der Waals surface area contributed by atoms with Crippen molar-refractivity contribution in [2.45, 2.75) is 13.0 Å². The van der Waals surface area contributed by atoms with E-state index in [2.05, 4.69) is 6.92 Å². The van der Waals surface area contributed by atoms with Crippen molar-refractivity contribution in [1.29, 1.82) is 0 Å². The molecule has 60 valence electrons. The average Bonchev–Trinajstić information content (AvgIpc) is 1.97. The van der Waals surface area contributed by atoms with Crippen molar-refractivity contribution in [1.82, 2.24) is 0 Å². The van der Waals surface area contributed by atoms with Crippen molar-refractivity contribution in [2.24, 2.45) is 0 Å². The van der Waals surface area contributed by atoms with Crippen LogP contribution >= 0.6 is 0 Å². The summed E-state index contributed by atoms with van der Waals surface area (Å²) in [5, 5.41) is 9.93. The van der Waals surface area contributed by atoms with Crippen molar-refractivity contribution < 1.29 is 14.6 Å². The van der Waals surface area contributed by atoms with E-state index in [-0.39, 0.29) is 19.3 Å². The highest BCUT2D eigenvalue weighted by Gasteiger charge is 1.99. The van der Waals surface area contributed by atoms with Gasteiger partial charge in [-0.1, -0.05) is 0 Å². The summed E-state index contributed by atoms with van der Waals surface area (Å²) in [5.74, 6) is 0. The molecule has 1 unspecified atom stereocenters. The maximum atomic E-state index is 9.93.